The zero-order valence-corrected chi connectivity index (χ0v) is 6.62. The van der Waals surface area contributed by atoms with Gasteiger partial charge in [-0.25, -0.2) is 0 Å². The van der Waals surface area contributed by atoms with Gasteiger partial charge < -0.3 is 5.32 Å². The van der Waals surface area contributed by atoms with Crippen LogP contribution in [0.2, 0.25) is 0 Å². The number of hydrogen-bond acceptors (Lipinski definition) is 4. The molecule has 1 saturated heterocycles. The second kappa shape index (κ2) is 2.37. The number of nitrogens with one attached hydrogen (secondary N) is 1. The van der Waals surface area contributed by atoms with E-state index in [0.717, 1.165) is 6.54 Å². The monoisotopic (exact) mass is 152 g/mol. The molecular formula is C7H12N4. The SMILES string of the molecule is CC1(C2CCCN2)C=NN=N1. The first kappa shape index (κ1) is 6.91. The van der Waals surface area contributed by atoms with Gasteiger partial charge in [0.05, 0.1) is 6.21 Å². The van der Waals surface area contributed by atoms with Crippen molar-refractivity contribution in [2.45, 2.75) is 31.3 Å². The van der Waals surface area contributed by atoms with Crippen LogP contribution >= 0.6 is 0 Å². The van der Waals surface area contributed by atoms with Crippen molar-refractivity contribution < 1.29 is 0 Å². The van der Waals surface area contributed by atoms with Crippen LogP contribution in [0.3, 0.4) is 0 Å². The van der Waals surface area contributed by atoms with Crippen molar-refractivity contribution in [1.29, 1.82) is 0 Å². The molecule has 0 bridgehead atoms. The van der Waals surface area contributed by atoms with E-state index in [0.29, 0.717) is 6.04 Å². The van der Waals surface area contributed by atoms with Crippen molar-refractivity contribution in [1.82, 2.24) is 5.32 Å². The van der Waals surface area contributed by atoms with E-state index in [2.05, 4.69) is 27.7 Å². The van der Waals surface area contributed by atoms with Crippen LogP contribution in [0, 0.1) is 0 Å². The summed E-state index contributed by atoms with van der Waals surface area (Å²) >= 11 is 0. The lowest BCUT2D eigenvalue weighted by Crippen LogP contribution is -2.43. The summed E-state index contributed by atoms with van der Waals surface area (Å²) in [5.74, 6) is 0. The molecular weight excluding hydrogens is 140 g/mol. The molecule has 11 heavy (non-hydrogen) atoms. The van der Waals surface area contributed by atoms with E-state index in [1.165, 1.54) is 12.8 Å². The Balaban J connectivity index is 2.13. The highest BCUT2D eigenvalue weighted by atomic mass is 15.4. The van der Waals surface area contributed by atoms with Crippen LogP contribution in [-0.2, 0) is 0 Å². The van der Waals surface area contributed by atoms with E-state index < -0.39 is 0 Å². The van der Waals surface area contributed by atoms with Gasteiger partial charge in [-0.3, -0.25) is 0 Å². The molecule has 2 heterocycles. The summed E-state index contributed by atoms with van der Waals surface area (Å²) in [4.78, 5) is 0. The summed E-state index contributed by atoms with van der Waals surface area (Å²) in [5.41, 5.74) is -0.170. The summed E-state index contributed by atoms with van der Waals surface area (Å²) < 4.78 is 0. The Hall–Kier alpha value is -0.770. The minimum Gasteiger partial charge on any atom is -0.311 e. The highest BCUT2D eigenvalue weighted by Crippen LogP contribution is 2.24. The highest BCUT2D eigenvalue weighted by Gasteiger charge is 2.36. The van der Waals surface area contributed by atoms with E-state index in [-0.39, 0.29) is 5.54 Å². The predicted molar refractivity (Wildman–Crippen MR) is 42.8 cm³/mol. The molecule has 0 radical (unpaired) electrons. The summed E-state index contributed by atoms with van der Waals surface area (Å²) in [6.45, 7) is 3.17. The molecule has 2 rings (SSSR count). The zero-order chi connectivity index (χ0) is 7.73. The first-order chi connectivity index (χ1) is 5.31. The van der Waals surface area contributed by atoms with Crippen molar-refractivity contribution in [3.63, 3.8) is 0 Å². The van der Waals surface area contributed by atoms with E-state index in [1.54, 1.807) is 0 Å². The third-order valence-corrected chi connectivity index (χ3v) is 2.40. The van der Waals surface area contributed by atoms with Crippen molar-refractivity contribution >= 4 is 6.21 Å². The molecule has 2 atom stereocenters. The van der Waals surface area contributed by atoms with Crippen LogP contribution < -0.4 is 5.32 Å². The van der Waals surface area contributed by atoms with E-state index in [4.69, 9.17) is 0 Å². The van der Waals surface area contributed by atoms with E-state index >= 15 is 0 Å². The molecule has 2 unspecified atom stereocenters. The van der Waals surface area contributed by atoms with Crippen molar-refractivity contribution in [3.05, 3.63) is 0 Å². The van der Waals surface area contributed by atoms with Gasteiger partial charge in [0.25, 0.3) is 0 Å². The summed E-state index contributed by atoms with van der Waals surface area (Å²) in [6.07, 6.45) is 4.25. The molecule has 0 amide bonds. The standard InChI is InChI=1S/C7H12N4/c1-7(5-9-11-10-7)6-3-2-4-8-6/h5-6,8H,2-4H2,1H3. The molecule has 0 aromatic rings. The molecule has 0 spiro atoms. The Labute approximate surface area is 65.8 Å². The van der Waals surface area contributed by atoms with Gasteiger partial charge in [0.2, 0.25) is 0 Å². The minimum absolute atomic E-state index is 0.170. The van der Waals surface area contributed by atoms with Crippen LogP contribution in [0.5, 0.6) is 0 Å². The van der Waals surface area contributed by atoms with Crippen LogP contribution in [-0.4, -0.2) is 24.3 Å². The second-order valence-corrected chi connectivity index (χ2v) is 3.31. The van der Waals surface area contributed by atoms with E-state index in [1.807, 2.05) is 6.21 Å². The largest absolute Gasteiger partial charge is 0.311 e. The third-order valence-electron chi connectivity index (χ3n) is 2.40. The molecule has 2 aliphatic heterocycles. The summed E-state index contributed by atoms with van der Waals surface area (Å²) in [6, 6.07) is 0.442. The Morgan fingerprint density at radius 2 is 2.55 bits per heavy atom. The van der Waals surface area contributed by atoms with Crippen molar-refractivity contribution in [3.8, 4) is 0 Å². The maximum Gasteiger partial charge on any atom is 0.133 e. The maximum absolute atomic E-state index is 4.09. The topological polar surface area (TPSA) is 49.1 Å². The number of hydrogen-bond donors (Lipinski definition) is 1. The Morgan fingerprint density at radius 3 is 3.09 bits per heavy atom. The van der Waals surface area contributed by atoms with Gasteiger partial charge in [-0.05, 0) is 31.5 Å². The van der Waals surface area contributed by atoms with Gasteiger partial charge in [-0.15, -0.1) is 5.10 Å². The second-order valence-electron chi connectivity index (χ2n) is 3.31. The lowest BCUT2D eigenvalue weighted by atomic mass is 9.94. The van der Waals surface area contributed by atoms with Gasteiger partial charge in [0.1, 0.15) is 5.54 Å². The first-order valence-corrected chi connectivity index (χ1v) is 4.01. The molecule has 1 N–H and O–H groups in total. The van der Waals surface area contributed by atoms with E-state index in [9.17, 15) is 0 Å². The molecule has 2 aliphatic rings. The fraction of sp³-hybridized carbons (Fsp3) is 0.857. The Kier molecular flexibility index (Phi) is 1.49. The van der Waals surface area contributed by atoms with Crippen LogP contribution in [0.1, 0.15) is 19.8 Å². The molecule has 0 saturated carbocycles. The average Bonchev–Trinajstić information content (AvgIpc) is 2.55. The molecule has 0 aliphatic carbocycles. The first-order valence-electron chi connectivity index (χ1n) is 4.01. The zero-order valence-electron chi connectivity index (χ0n) is 6.62. The fourth-order valence-electron chi connectivity index (χ4n) is 1.63. The van der Waals surface area contributed by atoms with Crippen LogP contribution in [0.25, 0.3) is 0 Å². The third kappa shape index (κ3) is 1.07. The molecule has 0 aromatic heterocycles. The lowest BCUT2D eigenvalue weighted by molar-refractivity contribution is 0.448. The molecule has 4 heteroatoms. The van der Waals surface area contributed by atoms with Crippen molar-refractivity contribution in [2.24, 2.45) is 15.4 Å². The normalized spacial score (nSPS) is 42.1. The maximum atomic E-state index is 4.09. The summed E-state index contributed by atoms with van der Waals surface area (Å²) in [7, 11) is 0. The van der Waals surface area contributed by atoms with Gasteiger partial charge in [0, 0.05) is 6.04 Å². The quantitative estimate of drug-likeness (QED) is 0.597. The highest BCUT2D eigenvalue weighted by molar-refractivity contribution is 5.72. The van der Waals surface area contributed by atoms with Crippen molar-refractivity contribution in [2.75, 3.05) is 6.54 Å². The number of rotatable bonds is 1. The lowest BCUT2D eigenvalue weighted by Gasteiger charge is -2.22. The summed E-state index contributed by atoms with van der Waals surface area (Å²) in [5, 5.41) is 14.9. The molecule has 4 nitrogen and oxygen atoms in total. The molecule has 60 valence electrons. The smallest absolute Gasteiger partial charge is 0.133 e. The minimum atomic E-state index is -0.170. The fourth-order valence-corrected chi connectivity index (χ4v) is 1.63. The Bertz CT molecular complexity index is 190. The van der Waals surface area contributed by atoms with Gasteiger partial charge in [-0.2, -0.15) is 5.11 Å². The Morgan fingerprint density at radius 1 is 1.64 bits per heavy atom. The predicted octanol–water partition coefficient (Wildman–Crippen LogP) is 0.949. The molecule has 1 fully saturated rings. The average molecular weight is 152 g/mol. The van der Waals surface area contributed by atoms with Gasteiger partial charge >= 0.3 is 0 Å². The van der Waals surface area contributed by atoms with Gasteiger partial charge in [0.15, 0.2) is 0 Å². The number of nitrogens with zero attached hydrogens (tertiary/aromatic N) is 3. The molecule has 0 aromatic carbocycles. The van der Waals surface area contributed by atoms with Crippen LogP contribution in [0.4, 0.5) is 0 Å². The van der Waals surface area contributed by atoms with Crippen LogP contribution in [0.15, 0.2) is 15.4 Å². The van der Waals surface area contributed by atoms with Gasteiger partial charge in [-0.1, -0.05) is 0 Å².